The predicted octanol–water partition coefficient (Wildman–Crippen LogP) is 0.252. The van der Waals surface area contributed by atoms with Crippen molar-refractivity contribution in [3.05, 3.63) is 0 Å². The normalized spacial score (nSPS) is 21.1. The van der Waals surface area contributed by atoms with Crippen LogP contribution < -0.4 is 4.72 Å². The van der Waals surface area contributed by atoms with Gasteiger partial charge in [0.25, 0.3) is 0 Å². The van der Waals surface area contributed by atoms with Gasteiger partial charge in [0.15, 0.2) is 5.25 Å². The highest BCUT2D eigenvalue weighted by Gasteiger charge is 2.31. The van der Waals surface area contributed by atoms with Gasteiger partial charge >= 0.3 is 5.97 Å². The molecule has 0 radical (unpaired) electrons. The van der Waals surface area contributed by atoms with Crippen LogP contribution >= 0.6 is 0 Å². The molecule has 0 aromatic carbocycles. The zero-order chi connectivity index (χ0) is 13.9. The van der Waals surface area contributed by atoms with Crippen LogP contribution in [0.15, 0.2) is 0 Å². The van der Waals surface area contributed by atoms with E-state index in [4.69, 9.17) is 5.11 Å². The molecule has 0 saturated carbocycles. The summed E-state index contributed by atoms with van der Waals surface area (Å²) in [5.74, 6) is -1.32. The van der Waals surface area contributed by atoms with E-state index in [2.05, 4.69) is 23.5 Å². The zero-order valence-corrected chi connectivity index (χ0v) is 11.9. The lowest BCUT2D eigenvalue weighted by molar-refractivity contribution is -0.136. The molecule has 0 amide bonds. The summed E-state index contributed by atoms with van der Waals surface area (Å²) in [5, 5.41) is 7.33. The minimum Gasteiger partial charge on any atom is -0.480 e. The molecule has 0 spiro atoms. The number of carbonyl (C=O) groups is 1. The summed E-state index contributed by atoms with van der Waals surface area (Å²) < 4.78 is 26.0. The van der Waals surface area contributed by atoms with Gasteiger partial charge in [-0.05, 0) is 46.7 Å². The molecule has 18 heavy (non-hydrogen) atoms. The van der Waals surface area contributed by atoms with Crippen molar-refractivity contribution in [3.8, 4) is 0 Å². The SMILES string of the molecule is CC(C)N1CCC(NS(=O)(=O)C(C)C(=O)O)CC1. The number of rotatable bonds is 5. The highest BCUT2D eigenvalue weighted by Crippen LogP contribution is 2.14. The van der Waals surface area contributed by atoms with Crippen molar-refractivity contribution in [1.82, 2.24) is 9.62 Å². The van der Waals surface area contributed by atoms with Crippen LogP contribution in [0, 0.1) is 0 Å². The first-order valence-electron chi connectivity index (χ1n) is 6.22. The third-order valence-corrected chi connectivity index (χ3v) is 5.20. The van der Waals surface area contributed by atoms with Gasteiger partial charge in [-0.15, -0.1) is 0 Å². The Morgan fingerprint density at radius 1 is 1.28 bits per heavy atom. The van der Waals surface area contributed by atoms with E-state index in [1.165, 1.54) is 6.92 Å². The number of hydrogen-bond acceptors (Lipinski definition) is 4. The maximum absolute atomic E-state index is 11.8. The zero-order valence-electron chi connectivity index (χ0n) is 11.1. The average molecular weight is 278 g/mol. The summed E-state index contributed by atoms with van der Waals surface area (Å²) in [7, 11) is -3.76. The smallest absolute Gasteiger partial charge is 0.323 e. The van der Waals surface area contributed by atoms with E-state index in [-0.39, 0.29) is 6.04 Å². The third kappa shape index (κ3) is 3.93. The summed E-state index contributed by atoms with van der Waals surface area (Å²) in [6.45, 7) is 7.08. The number of piperidine rings is 1. The topological polar surface area (TPSA) is 86.7 Å². The maximum Gasteiger partial charge on any atom is 0.323 e. The number of nitrogens with one attached hydrogen (secondary N) is 1. The quantitative estimate of drug-likeness (QED) is 0.753. The van der Waals surface area contributed by atoms with Gasteiger partial charge in [0.05, 0.1) is 0 Å². The minimum absolute atomic E-state index is 0.146. The predicted molar refractivity (Wildman–Crippen MR) is 68.9 cm³/mol. The van der Waals surface area contributed by atoms with Crippen molar-refractivity contribution >= 4 is 16.0 Å². The van der Waals surface area contributed by atoms with E-state index in [0.717, 1.165) is 25.9 Å². The van der Waals surface area contributed by atoms with Gasteiger partial charge in [-0.25, -0.2) is 13.1 Å². The molecule has 1 saturated heterocycles. The first-order chi connectivity index (χ1) is 8.24. The van der Waals surface area contributed by atoms with Crippen molar-refractivity contribution in [2.24, 2.45) is 0 Å². The van der Waals surface area contributed by atoms with Gasteiger partial charge in [0.1, 0.15) is 0 Å². The Morgan fingerprint density at radius 3 is 2.17 bits per heavy atom. The first-order valence-corrected chi connectivity index (χ1v) is 7.76. The summed E-state index contributed by atoms with van der Waals surface area (Å²) in [6, 6.07) is 0.312. The van der Waals surface area contributed by atoms with Crippen molar-refractivity contribution in [3.63, 3.8) is 0 Å². The van der Waals surface area contributed by atoms with Crippen LogP contribution in [0.5, 0.6) is 0 Å². The molecule has 1 heterocycles. The molecule has 1 aliphatic rings. The number of carboxylic acid groups (broad SMARTS) is 1. The van der Waals surface area contributed by atoms with Gasteiger partial charge in [-0.1, -0.05) is 0 Å². The van der Waals surface area contributed by atoms with Crippen molar-refractivity contribution in [2.45, 2.75) is 50.9 Å². The molecule has 1 atom stereocenters. The third-order valence-electron chi connectivity index (χ3n) is 3.40. The number of carboxylic acids is 1. The number of nitrogens with zero attached hydrogens (tertiary/aromatic N) is 1. The fourth-order valence-electron chi connectivity index (χ4n) is 2.00. The van der Waals surface area contributed by atoms with E-state index >= 15 is 0 Å². The minimum atomic E-state index is -3.76. The molecule has 7 heteroatoms. The molecule has 1 rings (SSSR count). The highest BCUT2D eigenvalue weighted by molar-refractivity contribution is 7.90. The van der Waals surface area contributed by atoms with Crippen LogP contribution in [0.4, 0.5) is 0 Å². The molecule has 0 aromatic heterocycles. The van der Waals surface area contributed by atoms with Crippen LogP contribution in [0.3, 0.4) is 0 Å². The van der Waals surface area contributed by atoms with Gasteiger partial charge in [-0.2, -0.15) is 0 Å². The van der Waals surface area contributed by atoms with E-state index in [1.54, 1.807) is 0 Å². The highest BCUT2D eigenvalue weighted by atomic mass is 32.2. The van der Waals surface area contributed by atoms with Crippen LogP contribution in [0.2, 0.25) is 0 Å². The Morgan fingerprint density at radius 2 is 1.78 bits per heavy atom. The van der Waals surface area contributed by atoms with Crippen molar-refractivity contribution in [2.75, 3.05) is 13.1 Å². The Bertz CT molecular complexity index is 386. The van der Waals surface area contributed by atoms with Gasteiger partial charge in [-0.3, -0.25) is 4.79 Å². The fraction of sp³-hybridized carbons (Fsp3) is 0.909. The number of aliphatic carboxylic acids is 1. The Hall–Kier alpha value is -0.660. The van der Waals surface area contributed by atoms with Gasteiger partial charge in [0, 0.05) is 12.1 Å². The molecule has 2 N–H and O–H groups in total. The van der Waals surface area contributed by atoms with Crippen molar-refractivity contribution in [1.29, 1.82) is 0 Å². The lowest BCUT2D eigenvalue weighted by Gasteiger charge is -2.34. The van der Waals surface area contributed by atoms with E-state index in [0.29, 0.717) is 6.04 Å². The second kappa shape index (κ2) is 5.99. The Labute approximate surface area is 108 Å². The largest absolute Gasteiger partial charge is 0.480 e. The second-order valence-electron chi connectivity index (χ2n) is 5.05. The molecule has 0 aliphatic carbocycles. The van der Waals surface area contributed by atoms with Crippen molar-refractivity contribution < 1.29 is 18.3 Å². The summed E-state index contributed by atoms with van der Waals surface area (Å²) in [5.41, 5.74) is 0. The molecule has 0 bridgehead atoms. The lowest BCUT2D eigenvalue weighted by Crippen LogP contribution is -2.49. The van der Waals surface area contributed by atoms with Gasteiger partial charge < -0.3 is 10.0 Å². The molecule has 6 nitrogen and oxygen atoms in total. The monoisotopic (exact) mass is 278 g/mol. The Balaban J connectivity index is 2.53. The summed E-state index contributed by atoms with van der Waals surface area (Å²) in [6.07, 6.45) is 1.45. The van der Waals surface area contributed by atoms with Gasteiger partial charge in [0.2, 0.25) is 10.0 Å². The first kappa shape index (κ1) is 15.4. The summed E-state index contributed by atoms with van der Waals surface area (Å²) >= 11 is 0. The van der Waals surface area contributed by atoms with Crippen LogP contribution in [0.1, 0.15) is 33.6 Å². The standard InChI is InChI=1S/C11H22N2O4S/c1-8(2)13-6-4-10(5-7-13)12-18(16,17)9(3)11(14)15/h8-10,12H,4-7H2,1-3H3,(H,14,15). The fourth-order valence-corrected chi connectivity index (χ4v) is 3.17. The molecule has 0 aromatic rings. The van der Waals surface area contributed by atoms with Crippen LogP contribution in [-0.2, 0) is 14.8 Å². The van der Waals surface area contributed by atoms with Crippen LogP contribution in [-0.4, -0.2) is 54.8 Å². The molecule has 1 aliphatic heterocycles. The number of likely N-dealkylation sites (tertiary alicyclic amines) is 1. The second-order valence-corrected chi connectivity index (χ2v) is 7.08. The van der Waals surface area contributed by atoms with Crippen LogP contribution in [0.25, 0.3) is 0 Å². The maximum atomic E-state index is 11.8. The van der Waals surface area contributed by atoms with E-state index < -0.39 is 21.2 Å². The molecule has 106 valence electrons. The molecule has 1 unspecified atom stereocenters. The lowest BCUT2D eigenvalue weighted by atomic mass is 10.1. The molecular formula is C11H22N2O4S. The van der Waals surface area contributed by atoms with E-state index in [1.807, 2.05) is 0 Å². The summed E-state index contributed by atoms with van der Waals surface area (Å²) in [4.78, 5) is 13.0. The average Bonchev–Trinajstić information content (AvgIpc) is 2.28. The molecule has 1 fully saturated rings. The number of sulfonamides is 1. The Kier molecular flexibility index (Phi) is 5.12. The number of hydrogen-bond donors (Lipinski definition) is 2. The van der Waals surface area contributed by atoms with E-state index in [9.17, 15) is 13.2 Å². The molecular weight excluding hydrogens is 256 g/mol.